The smallest absolute Gasteiger partial charge is 0.271 e. The van der Waals surface area contributed by atoms with Crippen molar-refractivity contribution in [2.75, 3.05) is 18.6 Å². The summed E-state index contributed by atoms with van der Waals surface area (Å²) in [4.78, 5) is 12.0. The first-order valence-electron chi connectivity index (χ1n) is 6.62. The van der Waals surface area contributed by atoms with Gasteiger partial charge in [0.25, 0.3) is 5.69 Å². The summed E-state index contributed by atoms with van der Waals surface area (Å²) >= 11 is 0. The number of allylic oxidation sites excluding steroid dienone is 2. The number of rotatable bonds is 6. The van der Waals surface area contributed by atoms with Crippen LogP contribution in [0.25, 0.3) is 0 Å². The molecule has 1 aromatic rings. The van der Waals surface area contributed by atoms with Crippen molar-refractivity contribution in [3.8, 4) is 17.9 Å². The molecule has 7 heteroatoms. The van der Waals surface area contributed by atoms with E-state index in [0.29, 0.717) is 23.7 Å². The van der Waals surface area contributed by atoms with Crippen LogP contribution in [0.3, 0.4) is 0 Å². The van der Waals surface area contributed by atoms with Gasteiger partial charge in [0, 0.05) is 24.9 Å². The number of ether oxygens (including phenoxy) is 1. The Morgan fingerprint density at radius 1 is 1.41 bits per heavy atom. The monoisotopic (exact) mass is 300 g/mol. The quantitative estimate of drug-likeness (QED) is 0.454. The Hall–Kier alpha value is -3.06. The molecule has 0 amide bonds. The van der Waals surface area contributed by atoms with Crippen LogP contribution in [0.4, 0.5) is 11.4 Å². The van der Waals surface area contributed by atoms with E-state index in [1.165, 1.54) is 18.2 Å². The van der Waals surface area contributed by atoms with Crippen LogP contribution in [-0.2, 0) is 0 Å². The molecule has 0 radical (unpaired) electrons. The third-order valence-corrected chi connectivity index (χ3v) is 3.06. The molecule has 0 heterocycles. The number of nitro benzene ring substituents is 1. The van der Waals surface area contributed by atoms with E-state index in [1.54, 1.807) is 31.0 Å². The molecule has 0 fully saturated rings. The SMILES string of the molecule is CCCOc1ccc([N+](=O)[O-])cc1N(C)C(C)=C(C#N)C#N. The van der Waals surface area contributed by atoms with E-state index >= 15 is 0 Å². The third kappa shape index (κ3) is 3.74. The topological polar surface area (TPSA) is 103 Å². The summed E-state index contributed by atoms with van der Waals surface area (Å²) in [5, 5.41) is 28.8. The Kier molecular flexibility index (Phi) is 5.91. The minimum atomic E-state index is -0.504. The standard InChI is InChI=1S/C15H16N4O3/c1-4-7-22-15-6-5-13(19(20)21)8-14(15)18(3)11(2)12(9-16)10-17/h5-6,8H,4,7H2,1-3H3. The maximum atomic E-state index is 10.9. The molecule has 0 aromatic heterocycles. The summed E-state index contributed by atoms with van der Waals surface area (Å²) in [6, 6.07) is 7.85. The number of hydrogen-bond acceptors (Lipinski definition) is 6. The molecule has 0 saturated carbocycles. The predicted molar refractivity (Wildman–Crippen MR) is 81.2 cm³/mol. The molecule has 0 aliphatic rings. The van der Waals surface area contributed by atoms with Gasteiger partial charge in [0.15, 0.2) is 0 Å². The number of hydrogen-bond donors (Lipinski definition) is 0. The molecule has 0 spiro atoms. The molecule has 1 rings (SSSR count). The van der Waals surface area contributed by atoms with Crippen molar-refractivity contribution in [3.63, 3.8) is 0 Å². The highest BCUT2D eigenvalue weighted by atomic mass is 16.6. The molecule has 7 nitrogen and oxygen atoms in total. The van der Waals surface area contributed by atoms with Crippen molar-refractivity contribution < 1.29 is 9.66 Å². The van der Waals surface area contributed by atoms with Crippen LogP contribution in [0.5, 0.6) is 5.75 Å². The second kappa shape index (κ2) is 7.65. The summed E-state index contributed by atoms with van der Waals surface area (Å²) < 4.78 is 5.59. The van der Waals surface area contributed by atoms with Crippen molar-refractivity contribution in [2.45, 2.75) is 20.3 Å². The molecule has 0 bridgehead atoms. The van der Waals surface area contributed by atoms with Gasteiger partial charge in [-0.15, -0.1) is 0 Å². The Morgan fingerprint density at radius 2 is 2.05 bits per heavy atom. The first-order chi connectivity index (χ1) is 10.5. The zero-order valence-corrected chi connectivity index (χ0v) is 12.7. The van der Waals surface area contributed by atoms with Crippen molar-refractivity contribution in [3.05, 3.63) is 39.6 Å². The number of anilines is 1. The van der Waals surface area contributed by atoms with Crippen molar-refractivity contribution in [1.29, 1.82) is 10.5 Å². The summed E-state index contributed by atoms with van der Waals surface area (Å²) in [5.74, 6) is 0.463. The summed E-state index contributed by atoms with van der Waals surface area (Å²) in [6.07, 6.45) is 0.788. The lowest BCUT2D eigenvalue weighted by atomic mass is 10.2. The highest BCUT2D eigenvalue weighted by Gasteiger charge is 2.17. The predicted octanol–water partition coefficient (Wildman–Crippen LogP) is 3.14. The molecular formula is C15H16N4O3. The second-order valence-electron chi connectivity index (χ2n) is 4.50. The highest BCUT2D eigenvalue weighted by molar-refractivity contribution is 5.67. The molecule has 0 aliphatic heterocycles. The van der Waals surface area contributed by atoms with Gasteiger partial charge in [-0.25, -0.2) is 0 Å². The fourth-order valence-electron chi connectivity index (χ4n) is 1.75. The molecular weight excluding hydrogens is 284 g/mol. The van der Waals surface area contributed by atoms with Crippen LogP contribution < -0.4 is 9.64 Å². The Labute approximate surface area is 128 Å². The number of non-ortho nitro benzene ring substituents is 1. The van der Waals surface area contributed by atoms with Gasteiger partial charge >= 0.3 is 0 Å². The van der Waals surface area contributed by atoms with Crippen LogP contribution in [0.1, 0.15) is 20.3 Å². The van der Waals surface area contributed by atoms with Crippen molar-refractivity contribution in [1.82, 2.24) is 0 Å². The van der Waals surface area contributed by atoms with Crippen molar-refractivity contribution in [2.24, 2.45) is 0 Å². The lowest BCUT2D eigenvalue weighted by Gasteiger charge is -2.22. The Balaban J connectivity index is 3.38. The van der Waals surface area contributed by atoms with Gasteiger partial charge in [0.05, 0.1) is 17.2 Å². The Morgan fingerprint density at radius 3 is 2.55 bits per heavy atom. The summed E-state index contributed by atoms with van der Waals surface area (Å²) in [5.41, 5.74) is 0.680. The van der Waals surface area contributed by atoms with Crippen LogP contribution in [0.2, 0.25) is 0 Å². The minimum absolute atomic E-state index is 0.0598. The number of nitro groups is 1. The van der Waals surface area contributed by atoms with Gasteiger partial charge in [-0.05, 0) is 19.4 Å². The average molecular weight is 300 g/mol. The molecule has 1 aromatic carbocycles. The van der Waals surface area contributed by atoms with E-state index in [2.05, 4.69) is 0 Å². The van der Waals surface area contributed by atoms with E-state index in [0.717, 1.165) is 6.42 Å². The van der Waals surface area contributed by atoms with Gasteiger partial charge < -0.3 is 9.64 Å². The van der Waals surface area contributed by atoms with Gasteiger partial charge in [-0.1, -0.05) is 6.92 Å². The molecule has 0 atom stereocenters. The molecule has 0 N–H and O–H groups in total. The van der Waals surface area contributed by atoms with E-state index in [4.69, 9.17) is 15.3 Å². The highest BCUT2D eigenvalue weighted by Crippen LogP contribution is 2.34. The maximum absolute atomic E-state index is 10.9. The molecule has 0 aliphatic carbocycles. The lowest BCUT2D eigenvalue weighted by Crippen LogP contribution is -2.17. The van der Waals surface area contributed by atoms with E-state index < -0.39 is 4.92 Å². The first kappa shape index (κ1) is 17.0. The van der Waals surface area contributed by atoms with Gasteiger partial charge in [-0.3, -0.25) is 10.1 Å². The van der Waals surface area contributed by atoms with Gasteiger partial charge in [0.2, 0.25) is 0 Å². The van der Waals surface area contributed by atoms with E-state index in [1.807, 2.05) is 6.92 Å². The maximum Gasteiger partial charge on any atom is 0.271 e. The Bertz CT molecular complexity index is 667. The molecule has 0 unspecified atom stereocenters. The molecule has 22 heavy (non-hydrogen) atoms. The normalized spacial score (nSPS) is 9.32. The van der Waals surface area contributed by atoms with Crippen LogP contribution in [-0.4, -0.2) is 18.6 Å². The number of nitrogens with zero attached hydrogens (tertiary/aromatic N) is 4. The summed E-state index contributed by atoms with van der Waals surface area (Å²) in [7, 11) is 1.63. The van der Waals surface area contributed by atoms with Gasteiger partial charge in [0.1, 0.15) is 23.5 Å². The number of nitriles is 2. The minimum Gasteiger partial charge on any atom is -0.491 e. The lowest BCUT2D eigenvalue weighted by molar-refractivity contribution is -0.384. The summed E-state index contributed by atoms with van der Waals surface area (Å²) in [6.45, 7) is 4.01. The van der Waals surface area contributed by atoms with Crippen LogP contribution >= 0.6 is 0 Å². The largest absolute Gasteiger partial charge is 0.491 e. The zero-order valence-electron chi connectivity index (χ0n) is 12.7. The zero-order chi connectivity index (χ0) is 16.7. The molecule has 114 valence electrons. The second-order valence-corrected chi connectivity index (χ2v) is 4.50. The van der Waals surface area contributed by atoms with Crippen LogP contribution in [0, 0.1) is 32.8 Å². The van der Waals surface area contributed by atoms with Gasteiger partial charge in [-0.2, -0.15) is 10.5 Å². The average Bonchev–Trinajstić information content (AvgIpc) is 2.52. The van der Waals surface area contributed by atoms with Crippen molar-refractivity contribution >= 4 is 11.4 Å². The van der Waals surface area contributed by atoms with Crippen LogP contribution in [0.15, 0.2) is 29.5 Å². The van der Waals surface area contributed by atoms with E-state index in [-0.39, 0.29) is 11.3 Å². The van der Waals surface area contributed by atoms with E-state index in [9.17, 15) is 10.1 Å². The third-order valence-electron chi connectivity index (χ3n) is 3.06. The fourth-order valence-corrected chi connectivity index (χ4v) is 1.75. The number of benzene rings is 1. The first-order valence-corrected chi connectivity index (χ1v) is 6.62. The fraction of sp³-hybridized carbons (Fsp3) is 0.333. The molecule has 0 saturated heterocycles.